The molecular weight excluding hydrogens is 178 g/mol. The second-order valence-electron chi connectivity index (χ2n) is 3.14. The Morgan fingerprint density at radius 2 is 1.54 bits per heavy atom. The number of hydrogen-bond donors (Lipinski definition) is 5. The van der Waals surface area contributed by atoms with Gasteiger partial charge in [0.15, 0.2) is 0 Å². The first kappa shape index (κ1) is 10.8. The number of nitrogens with two attached hydrogens (primary N) is 1. The van der Waals surface area contributed by atoms with Crippen LogP contribution in [0.25, 0.3) is 0 Å². The van der Waals surface area contributed by atoms with Gasteiger partial charge in [0.2, 0.25) is 0 Å². The zero-order valence-electron chi connectivity index (χ0n) is 7.08. The van der Waals surface area contributed by atoms with Crippen LogP contribution in [0.4, 0.5) is 0 Å². The van der Waals surface area contributed by atoms with Crippen molar-refractivity contribution in [1.29, 1.82) is 0 Å². The molecule has 0 spiro atoms. The van der Waals surface area contributed by atoms with E-state index in [1.165, 1.54) is 0 Å². The third kappa shape index (κ3) is 1.98. The number of aliphatic hydroxyl groups excluding tert-OH is 4. The van der Waals surface area contributed by atoms with Crippen LogP contribution in [-0.2, 0) is 4.74 Å². The fraction of sp³-hybridized carbons (Fsp3) is 1.00. The van der Waals surface area contributed by atoms with Gasteiger partial charge in [0.05, 0.1) is 25.4 Å². The van der Waals surface area contributed by atoms with E-state index in [2.05, 4.69) is 0 Å². The number of ether oxygens (including phenoxy) is 1. The van der Waals surface area contributed by atoms with E-state index < -0.39 is 37.1 Å². The minimum absolute atomic E-state index is 0.346. The Labute approximate surface area is 75.6 Å². The maximum atomic E-state index is 9.37. The van der Waals surface area contributed by atoms with Crippen molar-refractivity contribution in [2.24, 2.45) is 5.73 Å². The summed E-state index contributed by atoms with van der Waals surface area (Å²) in [6, 6.07) is -0.831. The zero-order chi connectivity index (χ0) is 10.0. The van der Waals surface area contributed by atoms with Crippen LogP contribution in [-0.4, -0.2) is 64.1 Å². The summed E-state index contributed by atoms with van der Waals surface area (Å²) in [5.41, 5.74) is 5.46. The van der Waals surface area contributed by atoms with Crippen molar-refractivity contribution in [3.63, 3.8) is 0 Å². The molecule has 1 heterocycles. The molecule has 6 nitrogen and oxygen atoms in total. The highest BCUT2D eigenvalue weighted by atomic mass is 16.5. The Morgan fingerprint density at radius 3 is 2.00 bits per heavy atom. The van der Waals surface area contributed by atoms with Crippen molar-refractivity contribution < 1.29 is 25.2 Å². The topological polar surface area (TPSA) is 116 Å². The Bertz CT molecular complexity index is 147. The molecule has 0 aromatic carbocycles. The Hall–Kier alpha value is -0.240. The zero-order valence-corrected chi connectivity index (χ0v) is 7.08. The highest BCUT2D eigenvalue weighted by Gasteiger charge is 2.41. The fourth-order valence-corrected chi connectivity index (χ4v) is 1.38. The molecule has 0 aliphatic carbocycles. The van der Waals surface area contributed by atoms with Crippen molar-refractivity contribution >= 4 is 0 Å². The van der Waals surface area contributed by atoms with Gasteiger partial charge < -0.3 is 30.9 Å². The molecule has 0 bridgehead atoms. The van der Waals surface area contributed by atoms with Crippen LogP contribution < -0.4 is 5.73 Å². The molecule has 0 saturated carbocycles. The van der Waals surface area contributed by atoms with E-state index in [1.807, 2.05) is 0 Å². The number of aliphatic hydroxyl groups is 4. The molecule has 6 N–H and O–H groups in total. The van der Waals surface area contributed by atoms with E-state index in [4.69, 9.17) is 20.7 Å². The Balaban J connectivity index is 2.66. The van der Waals surface area contributed by atoms with Gasteiger partial charge in [-0.2, -0.15) is 0 Å². The quantitative estimate of drug-likeness (QED) is 0.315. The number of rotatable bonds is 2. The first-order valence-corrected chi connectivity index (χ1v) is 4.10. The monoisotopic (exact) mass is 193 g/mol. The molecule has 1 aliphatic heterocycles. The van der Waals surface area contributed by atoms with Gasteiger partial charge in [0, 0.05) is 0 Å². The van der Waals surface area contributed by atoms with E-state index >= 15 is 0 Å². The lowest BCUT2D eigenvalue weighted by Crippen LogP contribution is -2.62. The summed E-state index contributed by atoms with van der Waals surface area (Å²) in [4.78, 5) is 0. The van der Waals surface area contributed by atoms with Gasteiger partial charge in [-0.3, -0.25) is 0 Å². The van der Waals surface area contributed by atoms with Crippen LogP contribution in [0.5, 0.6) is 0 Å². The highest BCUT2D eigenvalue weighted by Crippen LogP contribution is 2.19. The first-order chi connectivity index (χ1) is 6.11. The maximum absolute atomic E-state index is 9.37. The lowest BCUT2D eigenvalue weighted by molar-refractivity contribution is -0.196. The standard InChI is InChI=1S/C7H15NO5/c8-5-3(1-9)13-4(2-10)6(11)7(5)12/h3-7,9-12H,1-2,8H2. The molecule has 1 saturated heterocycles. The molecule has 1 rings (SSSR count). The summed E-state index contributed by atoms with van der Waals surface area (Å²) >= 11 is 0. The summed E-state index contributed by atoms with van der Waals surface area (Å²) in [6.07, 6.45) is -4.01. The smallest absolute Gasteiger partial charge is 0.110 e. The normalized spacial score (nSPS) is 46.4. The van der Waals surface area contributed by atoms with Crippen LogP contribution >= 0.6 is 0 Å². The summed E-state index contributed by atoms with van der Waals surface area (Å²) < 4.78 is 5.04. The minimum atomic E-state index is -1.21. The van der Waals surface area contributed by atoms with Gasteiger partial charge in [-0.25, -0.2) is 0 Å². The van der Waals surface area contributed by atoms with Crippen LogP contribution in [0.3, 0.4) is 0 Å². The van der Waals surface area contributed by atoms with Crippen LogP contribution in [0.15, 0.2) is 0 Å². The molecule has 0 aromatic heterocycles. The predicted molar refractivity (Wildman–Crippen MR) is 42.8 cm³/mol. The molecule has 78 valence electrons. The van der Waals surface area contributed by atoms with Crippen molar-refractivity contribution in [3.05, 3.63) is 0 Å². The highest BCUT2D eigenvalue weighted by molar-refractivity contribution is 4.94. The van der Waals surface area contributed by atoms with Crippen LogP contribution in [0, 0.1) is 0 Å². The first-order valence-electron chi connectivity index (χ1n) is 4.10. The predicted octanol–water partition coefficient (Wildman–Crippen LogP) is -3.21. The van der Waals surface area contributed by atoms with E-state index in [0.29, 0.717) is 0 Å². The average Bonchev–Trinajstić information content (AvgIpc) is 2.15. The molecular formula is C7H15NO5. The molecule has 0 radical (unpaired) electrons. The van der Waals surface area contributed by atoms with Gasteiger partial charge in [-0.15, -0.1) is 0 Å². The minimum Gasteiger partial charge on any atom is -0.394 e. The van der Waals surface area contributed by atoms with Crippen LogP contribution in [0.2, 0.25) is 0 Å². The second kappa shape index (κ2) is 4.32. The molecule has 5 unspecified atom stereocenters. The fourth-order valence-electron chi connectivity index (χ4n) is 1.38. The van der Waals surface area contributed by atoms with E-state index in [9.17, 15) is 10.2 Å². The third-order valence-corrected chi connectivity index (χ3v) is 2.26. The molecule has 1 aliphatic rings. The SMILES string of the molecule is NC1C(CO)OC(CO)C(O)C1O. The lowest BCUT2D eigenvalue weighted by atomic mass is 9.94. The van der Waals surface area contributed by atoms with E-state index in [-0.39, 0.29) is 6.61 Å². The lowest BCUT2D eigenvalue weighted by Gasteiger charge is -2.40. The van der Waals surface area contributed by atoms with Gasteiger partial charge in [0.25, 0.3) is 0 Å². The summed E-state index contributed by atoms with van der Waals surface area (Å²) in [5, 5.41) is 36.3. The van der Waals surface area contributed by atoms with Gasteiger partial charge in [-0.05, 0) is 0 Å². The summed E-state index contributed by atoms with van der Waals surface area (Å²) in [6.45, 7) is -0.761. The molecule has 1 fully saturated rings. The van der Waals surface area contributed by atoms with E-state index in [0.717, 1.165) is 0 Å². The molecule has 13 heavy (non-hydrogen) atoms. The molecule has 0 aromatic rings. The van der Waals surface area contributed by atoms with Gasteiger partial charge in [-0.1, -0.05) is 0 Å². The van der Waals surface area contributed by atoms with Gasteiger partial charge in [0.1, 0.15) is 18.3 Å². The summed E-state index contributed by atoms with van der Waals surface area (Å²) in [5.74, 6) is 0. The van der Waals surface area contributed by atoms with Crippen molar-refractivity contribution in [2.45, 2.75) is 30.5 Å². The van der Waals surface area contributed by atoms with Crippen molar-refractivity contribution in [1.82, 2.24) is 0 Å². The van der Waals surface area contributed by atoms with Crippen LogP contribution in [0.1, 0.15) is 0 Å². The van der Waals surface area contributed by atoms with E-state index in [1.54, 1.807) is 0 Å². The summed E-state index contributed by atoms with van der Waals surface area (Å²) in [7, 11) is 0. The number of hydrogen-bond acceptors (Lipinski definition) is 6. The molecule has 6 heteroatoms. The second-order valence-corrected chi connectivity index (χ2v) is 3.14. The third-order valence-electron chi connectivity index (χ3n) is 2.26. The molecule has 0 amide bonds. The largest absolute Gasteiger partial charge is 0.394 e. The molecule has 5 atom stereocenters. The Morgan fingerprint density at radius 1 is 1.00 bits per heavy atom. The van der Waals surface area contributed by atoms with Gasteiger partial charge >= 0.3 is 0 Å². The average molecular weight is 193 g/mol. The van der Waals surface area contributed by atoms with Crippen molar-refractivity contribution in [3.8, 4) is 0 Å². The Kier molecular flexibility index (Phi) is 3.60. The van der Waals surface area contributed by atoms with Crippen molar-refractivity contribution in [2.75, 3.05) is 13.2 Å². The maximum Gasteiger partial charge on any atom is 0.110 e.